The molecule has 0 bridgehead atoms. The van der Waals surface area contributed by atoms with Crippen LogP contribution in [0.15, 0.2) is 36.4 Å². The molecule has 1 N–H and O–H groups in total. The van der Waals surface area contributed by atoms with E-state index in [1.807, 2.05) is 37.3 Å². The number of rotatable bonds is 5. The van der Waals surface area contributed by atoms with E-state index in [9.17, 15) is 9.50 Å². The van der Waals surface area contributed by atoms with Crippen LogP contribution >= 0.6 is 0 Å². The van der Waals surface area contributed by atoms with E-state index >= 15 is 0 Å². The summed E-state index contributed by atoms with van der Waals surface area (Å²) in [6.45, 7) is 3.85. The van der Waals surface area contributed by atoms with Crippen molar-refractivity contribution in [1.29, 1.82) is 0 Å². The number of hydrogen-bond donors (Lipinski definition) is 1. The molecule has 3 aromatic rings. The van der Waals surface area contributed by atoms with Crippen LogP contribution in [0.4, 0.5) is 4.39 Å². The van der Waals surface area contributed by atoms with Gasteiger partial charge in [-0.15, -0.1) is 0 Å². The van der Waals surface area contributed by atoms with Crippen molar-refractivity contribution in [2.24, 2.45) is 0 Å². The highest BCUT2D eigenvalue weighted by Crippen LogP contribution is 2.42. The van der Waals surface area contributed by atoms with E-state index in [0.29, 0.717) is 18.3 Å². The predicted molar refractivity (Wildman–Crippen MR) is 119 cm³/mol. The quantitative estimate of drug-likeness (QED) is 0.656. The van der Waals surface area contributed by atoms with Crippen LogP contribution < -0.4 is 4.74 Å². The van der Waals surface area contributed by atoms with Gasteiger partial charge in [0.15, 0.2) is 0 Å². The van der Waals surface area contributed by atoms with Gasteiger partial charge in [-0.2, -0.15) is 0 Å². The number of aromatic nitrogens is 2. The average Bonchev–Trinajstić information content (AvgIpc) is 3.11. The van der Waals surface area contributed by atoms with Gasteiger partial charge in [0.1, 0.15) is 18.0 Å². The van der Waals surface area contributed by atoms with Crippen molar-refractivity contribution in [3.05, 3.63) is 58.9 Å². The molecule has 31 heavy (non-hydrogen) atoms. The van der Waals surface area contributed by atoms with E-state index in [1.54, 1.807) is 13.2 Å². The van der Waals surface area contributed by atoms with Crippen LogP contribution in [0.3, 0.4) is 0 Å². The first-order valence-corrected chi connectivity index (χ1v) is 11.2. The highest BCUT2D eigenvalue weighted by Gasteiger charge is 2.36. The summed E-state index contributed by atoms with van der Waals surface area (Å²) >= 11 is 0. The third kappa shape index (κ3) is 3.52. The number of alkyl halides is 1. The summed E-state index contributed by atoms with van der Waals surface area (Å²) in [5.41, 5.74) is 4.65. The van der Waals surface area contributed by atoms with Gasteiger partial charge in [-0.3, -0.25) is 4.90 Å². The average molecular weight is 424 g/mol. The van der Waals surface area contributed by atoms with Gasteiger partial charge in [0.05, 0.1) is 30.4 Å². The normalized spacial score (nSPS) is 20.8. The molecule has 1 fully saturated rings. The number of aliphatic hydroxyl groups is 1. The van der Waals surface area contributed by atoms with Crippen LogP contribution in [-0.4, -0.2) is 39.8 Å². The lowest BCUT2D eigenvalue weighted by atomic mass is 9.90. The van der Waals surface area contributed by atoms with Crippen molar-refractivity contribution in [2.45, 2.75) is 57.5 Å². The molecule has 2 atom stereocenters. The van der Waals surface area contributed by atoms with E-state index < -0.39 is 12.3 Å². The predicted octanol–water partition coefficient (Wildman–Crippen LogP) is 4.51. The lowest BCUT2D eigenvalue weighted by molar-refractivity contribution is 0.0379. The Morgan fingerprint density at radius 1 is 1.16 bits per heavy atom. The number of halogens is 1. The maximum Gasteiger partial charge on any atom is 0.131 e. The Labute approximate surface area is 182 Å². The topological polar surface area (TPSA) is 50.5 Å². The molecule has 4 heterocycles. The molecule has 6 heteroatoms. The molecule has 164 valence electrons. The summed E-state index contributed by atoms with van der Waals surface area (Å²) < 4.78 is 20.9. The second-order valence-corrected chi connectivity index (χ2v) is 9.05. The minimum Gasteiger partial charge on any atom is -0.497 e. The molecule has 0 saturated carbocycles. The van der Waals surface area contributed by atoms with Crippen LogP contribution in [0.25, 0.3) is 11.0 Å². The van der Waals surface area contributed by atoms with Gasteiger partial charge in [0.2, 0.25) is 0 Å². The lowest BCUT2D eigenvalue weighted by Crippen LogP contribution is -2.39. The Balaban J connectivity index is 1.61. The molecule has 2 aromatic heterocycles. The molecule has 2 aliphatic heterocycles. The first kappa shape index (κ1) is 20.5. The Morgan fingerprint density at radius 3 is 2.71 bits per heavy atom. The van der Waals surface area contributed by atoms with Crippen LogP contribution in [0, 0.1) is 0 Å². The number of piperidine rings is 1. The van der Waals surface area contributed by atoms with Gasteiger partial charge in [-0.25, -0.2) is 9.37 Å². The molecule has 0 aliphatic carbocycles. The van der Waals surface area contributed by atoms with Gasteiger partial charge in [0.25, 0.3) is 0 Å². The van der Waals surface area contributed by atoms with Crippen molar-refractivity contribution < 1.29 is 14.2 Å². The molecule has 0 spiro atoms. The van der Waals surface area contributed by atoms with Crippen molar-refractivity contribution >= 4 is 11.0 Å². The van der Waals surface area contributed by atoms with E-state index in [-0.39, 0.29) is 0 Å². The summed E-state index contributed by atoms with van der Waals surface area (Å²) in [6.07, 6.45) is 4.48. The zero-order valence-corrected chi connectivity index (χ0v) is 18.3. The molecule has 0 amide bonds. The number of benzene rings is 1. The summed E-state index contributed by atoms with van der Waals surface area (Å²) in [4.78, 5) is 7.28. The van der Waals surface area contributed by atoms with E-state index in [1.165, 1.54) is 24.1 Å². The molecule has 1 saturated heterocycles. The van der Waals surface area contributed by atoms with Gasteiger partial charge >= 0.3 is 0 Å². The number of ether oxygens (including phenoxy) is 1. The summed E-state index contributed by atoms with van der Waals surface area (Å²) in [6, 6.07) is 11.7. The first-order chi connectivity index (χ1) is 15.0. The summed E-state index contributed by atoms with van der Waals surface area (Å²) in [7, 11) is 1.64. The van der Waals surface area contributed by atoms with Crippen LogP contribution in [-0.2, 0) is 25.2 Å². The van der Waals surface area contributed by atoms with Crippen LogP contribution in [0.2, 0.25) is 0 Å². The Bertz CT molecular complexity index is 1090. The van der Waals surface area contributed by atoms with Crippen LogP contribution in [0.1, 0.15) is 54.7 Å². The molecule has 2 unspecified atom stereocenters. The third-order valence-corrected chi connectivity index (χ3v) is 7.01. The number of hydrogen-bond acceptors (Lipinski definition) is 4. The SMILES string of the molecule is COc1ccc(C(C)(O)Cn2c3c(c4nc(CF)ccc42)C2CCCCN2CC3)cc1. The Kier molecular flexibility index (Phi) is 5.22. The maximum atomic E-state index is 13.4. The highest BCUT2D eigenvalue weighted by atomic mass is 19.1. The second-order valence-electron chi connectivity index (χ2n) is 9.05. The Hall–Kier alpha value is -2.44. The zero-order chi connectivity index (χ0) is 21.6. The molecule has 0 radical (unpaired) electrons. The van der Waals surface area contributed by atoms with Gasteiger partial charge in [-0.1, -0.05) is 18.6 Å². The molecular weight excluding hydrogens is 393 g/mol. The van der Waals surface area contributed by atoms with E-state index in [4.69, 9.17) is 9.72 Å². The fraction of sp³-hybridized carbons (Fsp3) is 0.480. The molecule has 1 aromatic carbocycles. The summed E-state index contributed by atoms with van der Waals surface area (Å²) in [5.74, 6) is 0.767. The standard InChI is InChI=1S/C25H30FN3O2/c1-25(30,17-6-9-19(31-2)10-7-17)16-29-21-12-14-28-13-4-3-5-20(28)23(21)24-22(29)11-8-18(15-26)27-24/h6-11,20,30H,3-5,12-16H2,1-2H3. The highest BCUT2D eigenvalue weighted by molar-refractivity contribution is 5.83. The van der Waals surface area contributed by atoms with Crippen LogP contribution in [0.5, 0.6) is 5.75 Å². The number of methoxy groups -OCH3 is 1. The minimum atomic E-state index is -1.06. The molecule has 5 rings (SSSR count). The fourth-order valence-corrected chi connectivity index (χ4v) is 5.39. The fourth-order valence-electron chi connectivity index (χ4n) is 5.39. The van der Waals surface area contributed by atoms with E-state index in [2.05, 4.69) is 9.47 Å². The van der Waals surface area contributed by atoms with Crippen molar-refractivity contribution in [2.75, 3.05) is 20.2 Å². The molecular formula is C25H30FN3O2. The number of fused-ring (bicyclic) bond motifs is 5. The number of pyridine rings is 1. The lowest BCUT2D eigenvalue weighted by Gasteiger charge is -2.40. The Morgan fingerprint density at radius 2 is 1.97 bits per heavy atom. The summed E-state index contributed by atoms with van der Waals surface area (Å²) in [5, 5.41) is 11.5. The molecule has 2 aliphatic rings. The monoisotopic (exact) mass is 423 g/mol. The second kappa shape index (κ2) is 7.92. The third-order valence-electron chi connectivity index (χ3n) is 7.01. The smallest absolute Gasteiger partial charge is 0.131 e. The molecule has 5 nitrogen and oxygen atoms in total. The maximum absolute atomic E-state index is 13.4. The largest absolute Gasteiger partial charge is 0.497 e. The first-order valence-electron chi connectivity index (χ1n) is 11.2. The van der Waals surface area contributed by atoms with Gasteiger partial charge < -0.3 is 14.4 Å². The van der Waals surface area contributed by atoms with Crippen molar-refractivity contribution in [3.8, 4) is 5.75 Å². The van der Waals surface area contributed by atoms with E-state index in [0.717, 1.165) is 48.3 Å². The van der Waals surface area contributed by atoms with Gasteiger partial charge in [0, 0.05) is 30.3 Å². The number of nitrogens with zero attached hydrogens (tertiary/aromatic N) is 3. The zero-order valence-electron chi connectivity index (χ0n) is 18.3. The van der Waals surface area contributed by atoms with Gasteiger partial charge in [-0.05, 0) is 56.1 Å². The van der Waals surface area contributed by atoms with Crippen molar-refractivity contribution in [3.63, 3.8) is 0 Å². The minimum absolute atomic E-state index is 0.342. The van der Waals surface area contributed by atoms with Crippen molar-refractivity contribution in [1.82, 2.24) is 14.5 Å².